The first-order valence-corrected chi connectivity index (χ1v) is 5.73. The molecule has 0 fully saturated rings. The quantitative estimate of drug-likeness (QED) is 0.784. The summed E-state index contributed by atoms with van der Waals surface area (Å²) in [4.78, 5) is 16.1. The molecule has 0 radical (unpaired) electrons. The number of anilines is 1. The number of hydrogen-bond donors (Lipinski definition) is 2. The number of Topliss-reactive ketones (excluding diaryl/α,β-unsaturated/α-hetero) is 1. The van der Waals surface area contributed by atoms with Gasteiger partial charge in [-0.15, -0.1) is 0 Å². The molecule has 4 N–H and O–H groups in total. The molecule has 1 atom stereocenters. The third kappa shape index (κ3) is 3.27. The summed E-state index contributed by atoms with van der Waals surface area (Å²) in [5.41, 5.74) is 13.0. The monoisotopic (exact) mass is 235 g/mol. The third-order valence-corrected chi connectivity index (χ3v) is 2.99. The van der Waals surface area contributed by atoms with E-state index in [9.17, 15) is 4.79 Å². The minimum atomic E-state index is -0.186. The van der Waals surface area contributed by atoms with Crippen molar-refractivity contribution >= 4 is 11.6 Å². The summed E-state index contributed by atoms with van der Waals surface area (Å²) in [7, 11) is 0. The zero-order chi connectivity index (χ0) is 13.2. The van der Waals surface area contributed by atoms with Crippen LogP contribution in [0.5, 0.6) is 0 Å². The second-order valence-corrected chi connectivity index (χ2v) is 5.49. The van der Waals surface area contributed by atoms with E-state index in [-0.39, 0.29) is 23.1 Å². The minimum absolute atomic E-state index is 0.0319. The van der Waals surface area contributed by atoms with Crippen molar-refractivity contribution in [2.75, 3.05) is 5.73 Å². The molecule has 0 saturated carbocycles. The number of rotatable bonds is 3. The second kappa shape index (κ2) is 4.84. The number of ketones is 1. The smallest absolute Gasteiger partial charge is 0.168 e. The molecule has 0 bridgehead atoms. The summed E-state index contributed by atoms with van der Waals surface area (Å²) in [5, 5.41) is 0. The van der Waals surface area contributed by atoms with Crippen LogP contribution in [0.15, 0.2) is 12.3 Å². The van der Waals surface area contributed by atoms with Gasteiger partial charge in [0.1, 0.15) is 5.82 Å². The molecular formula is C13H21N3O. The van der Waals surface area contributed by atoms with Gasteiger partial charge >= 0.3 is 0 Å². The van der Waals surface area contributed by atoms with Crippen LogP contribution in [0.4, 0.5) is 5.82 Å². The summed E-state index contributed by atoms with van der Waals surface area (Å²) in [5.74, 6) is 0.256. The van der Waals surface area contributed by atoms with Crippen LogP contribution in [0.3, 0.4) is 0 Å². The Kier molecular flexibility index (Phi) is 3.88. The van der Waals surface area contributed by atoms with Crippen LogP contribution in [0, 0.1) is 12.3 Å². The molecule has 0 aromatic carbocycles. The highest BCUT2D eigenvalue weighted by atomic mass is 16.1. The van der Waals surface area contributed by atoms with Crippen molar-refractivity contribution in [3.8, 4) is 0 Å². The van der Waals surface area contributed by atoms with Crippen molar-refractivity contribution in [2.45, 2.75) is 40.2 Å². The summed E-state index contributed by atoms with van der Waals surface area (Å²) >= 11 is 0. The highest BCUT2D eigenvalue weighted by Crippen LogP contribution is 2.23. The normalized spacial score (nSPS) is 13.5. The van der Waals surface area contributed by atoms with E-state index < -0.39 is 0 Å². The standard InChI is InChI=1S/C13H21N3O/c1-8-5-6-16-12(15)11(8)9(17)7-10(14)13(2,3)4/h5-6,10H,7,14H2,1-4H3,(H2,15,16). The molecule has 0 aliphatic heterocycles. The Morgan fingerprint density at radius 2 is 2.06 bits per heavy atom. The number of carbonyl (C=O) groups excluding carboxylic acids is 1. The Bertz CT molecular complexity index is 401. The molecule has 1 heterocycles. The van der Waals surface area contributed by atoms with Gasteiger partial charge < -0.3 is 11.5 Å². The maximum Gasteiger partial charge on any atom is 0.168 e. The number of aryl methyl sites for hydroxylation is 1. The summed E-state index contributed by atoms with van der Waals surface area (Å²) in [6, 6.07) is 1.60. The van der Waals surface area contributed by atoms with Crippen LogP contribution in [-0.2, 0) is 0 Å². The van der Waals surface area contributed by atoms with Crippen LogP contribution in [0.2, 0.25) is 0 Å². The highest BCUT2D eigenvalue weighted by molar-refractivity contribution is 6.01. The maximum absolute atomic E-state index is 12.1. The lowest BCUT2D eigenvalue weighted by Gasteiger charge is -2.26. The van der Waals surface area contributed by atoms with Crippen LogP contribution in [-0.4, -0.2) is 16.8 Å². The van der Waals surface area contributed by atoms with E-state index in [1.54, 1.807) is 12.3 Å². The van der Waals surface area contributed by atoms with Crippen molar-refractivity contribution in [3.05, 3.63) is 23.4 Å². The fourth-order valence-electron chi connectivity index (χ4n) is 1.55. The van der Waals surface area contributed by atoms with Gasteiger partial charge in [0.25, 0.3) is 0 Å². The Hall–Kier alpha value is -1.42. The van der Waals surface area contributed by atoms with Crippen molar-refractivity contribution in [3.63, 3.8) is 0 Å². The van der Waals surface area contributed by atoms with Crippen LogP contribution < -0.4 is 11.5 Å². The Morgan fingerprint density at radius 1 is 1.47 bits per heavy atom. The summed E-state index contributed by atoms with van der Waals surface area (Å²) in [6.07, 6.45) is 1.89. The predicted molar refractivity (Wildman–Crippen MR) is 69.8 cm³/mol. The molecule has 1 unspecified atom stereocenters. The molecule has 1 rings (SSSR count). The number of aromatic nitrogens is 1. The van der Waals surface area contributed by atoms with E-state index in [1.807, 2.05) is 27.7 Å². The zero-order valence-corrected chi connectivity index (χ0v) is 10.9. The molecule has 0 saturated heterocycles. The topological polar surface area (TPSA) is 82.0 Å². The molecule has 0 spiro atoms. The second-order valence-electron chi connectivity index (χ2n) is 5.49. The van der Waals surface area contributed by atoms with Gasteiger partial charge in [0, 0.05) is 18.7 Å². The first-order chi connectivity index (χ1) is 7.73. The lowest BCUT2D eigenvalue weighted by atomic mass is 9.83. The summed E-state index contributed by atoms with van der Waals surface area (Å²) < 4.78 is 0. The van der Waals surface area contributed by atoms with Gasteiger partial charge in [-0.2, -0.15) is 0 Å². The molecule has 0 aliphatic carbocycles. The van der Waals surface area contributed by atoms with Gasteiger partial charge in [-0.1, -0.05) is 20.8 Å². The van der Waals surface area contributed by atoms with Crippen LogP contribution >= 0.6 is 0 Å². The number of nitrogen functional groups attached to an aromatic ring is 1. The highest BCUT2D eigenvalue weighted by Gasteiger charge is 2.25. The number of nitrogens with two attached hydrogens (primary N) is 2. The zero-order valence-electron chi connectivity index (χ0n) is 10.9. The molecule has 4 nitrogen and oxygen atoms in total. The van der Waals surface area contributed by atoms with E-state index in [0.717, 1.165) is 5.56 Å². The number of hydrogen-bond acceptors (Lipinski definition) is 4. The molecular weight excluding hydrogens is 214 g/mol. The molecule has 1 aromatic heterocycles. The fourth-order valence-corrected chi connectivity index (χ4v) is 1.55. The van der Waals surface area contributed by atoms with Gasteiger partial charge in [0.05, 0.1) is 5.56 Å². The lowest BCUT2D eigenvalue weighted by molar-refractivity contribution is 0.0953. The average molecular weight is 235 g/mol. The number of nitrogens with zero attached hydrogens (tertiary/aromatic N) is 1. The third-order valence-electron chi connectivity index (χ3n) is 2.99. The van der Waals surface area contributed by atoms with Gasteiger partial charge in [-0.3, -0.25) is 4.79 Å². The molecule has 17 heavy (non-hydrogen) atoms. The average Bonchev–Trinajstić information content (AvgIpc) is 2.15. The van der Waals surface area contributed by atoms with Gasteiger partial charge in [0.2, 0.25) is 0 Å². The fraction of sp³-hybridized carbons (Fsp3) is 0.538. The Balaban J connectivity index is 2.92. The van der Waals surface area contributed by atoms with E-state index in [1.165, 1.54) is 0 Å². The summed E-state index contributed by atoms with van der Waals surface area (Å²) in [6.45, 7) is 7.91. The molecule has 0 aliphatic rings. The van der Waals surface area contributed by atoms with E-state index >= 15 is 0 Å². The largest absolute Gasteiger partial charge is 0.383 e. The number of pyridine rings is 1. The van der Waals surface area contributed by atoms with E-state index in [4.69, 9.17) is 11.5 Å². The van der Waals surface area contributed by atoms with Crippen LogP contribution in [0.1, 0.15) is 43.1 Å². The first kappa shape index (κ1) is 13.6. The van der Waals surface area contributed by atoms with Gasteiger partial charge in [0.15, 0.2) is 5.78 Å². The Labute approximate surface area is 102 Å². The maximum atomic E-state index is 12.1. The minimum Gasteiger partial charge on any atom is -0.383 e. The molecule has 1 aromatic rings. The molecule has 0 amide bonds. The van der Waals surface area contributed by atoms with Crippen molar-refractivity contribution in [1.29, 1.82) is 0 Å². The number of carbonyl (C=O) groups is 1. The van der Waals surface area contributed by atoms with Crippen LogP contribution in [0.25, 0.3) is 0 Å². The van der Waals surface area contributed by atoms with Gasteiger partial charge in [-0.05, 0) is 24.0 Å². The van der Waals surface area contributed by atoms with E-state index in [0.29, 0.717) is 12.0 Å². The van der Waals surface area contributed by atoms with Gasteiger partial charge in [-0.25, -0.2) is 4.98 Å². The van der Waals surface area contributed by atoms with E-state index in [2.05, 4.69) is 4.98 Å². The molecule has 4 heteroatoms. The Morgan fingerprint density at radius 3 is 2.53 bits per heavy atom. The van der Waals surface area contributed by atoms with Crippen molar-refractivity contribution < 1.29 is 4.79 Å². The lowest BCUT2D eigenvalue weighted by Crippen LogP contribution is -2.37. The predicted octanol–water partition coefficient (Wildman–Crippen LogP) is 1.92. The molecule has 94 valence electrons. The van der Waals surface area contributed by atoms with Crippen molar-refractivity contribution in [1.82, 2.24) is 4.98 Å². The first-order valence-electron chi connectivity index (χ1n) is 5.73. The van der Waals surface area contributed by atoms with Crippen molar-refractivity contribution in [2.24, 2.45) is 11.1 Å². The SMILES string of the molecule is Cc1ccnc(N)c1C(=O)CC(N)C(C)(C)C.